The van der Waals surface area contributed by atoms with Crippen molar-refractivity contribution in [3.05, 3.63) is 54.6 Å². The van der Waals surface area contributed by atoms with Gasteiger partial charge in [0.1, 0.15) is 11.5 Å². The average molecular weight is 229 g/mol. The number of amides is 1. The summed E-state index contributed by atoms with van der Waals surface area (Å²) in [7, 11) is 0. The van der Waals surface area contributed by atoms with Gasteiger partial charge in [0, 0.05) is 5.69 Å². The van der Waals surface area contributed by atoms with Crippen molar-refractivity contribution in [1.29, 1.82) is 0 Å². The van der Waals surface area contributed by atoms with Gasteiger partial charge >= 0.3 is 6.09 Å². The Bertz CT molecular complexity index is 494. The van der Waals surface area contributed by atoms with Crippen LogP contribution in [-0.4, -0.2) is 11.2 Å². The molecule has 0 aliphatic rings. The van der Waals surface area contributed by atoms with Crippen LogP contribution in [0.2, 0.25) is 0 Å². The molecule has 0 radical (unpaired) electrons. The maximum atomic E-state index is 10.4. The first-order valence-electron chi connectivity index (χ1n) is 5.07. The van der Waals surface area contributed by atoms with Gasteiger partial charge in [0.2, 0.25) is 0 Å². The number of para-hydroxylation sites is 1. The molecule has 0 aliphatic heterocycles. The van der Waals surface area contributed by atoms with E-state index in [2.05, 4.69) is 5.32 Å². The average Bonchev–Trinajstić information content (AvgIpc) is 2.32. The molecule has 4 nitrogen and oxygen atoms in total. The highest BCUT2D eigenvalue weighted by molar-refractivity contribution is 5.82. The van der Waals surface area contributed by atoms with Crippen molar-refractivity contribution in [3.63, 3.8) is 0 Å². The fraction of sp³-hybridized carbons (Fsp3) is 0. The number of benzene rings is 2. The topological polar surface area (TPSA) is 58.6 Å². The van der Waals surface area contributed by atoms with E-state index in [9.17, 15) is 4.79 Å². The molecule has 0 atom stereocenters. The molecule has 0 saturated carbocycles. The number of rotatable bonds is 3. The molecule has 0 bridgehead atoms. The molecule has 0 fully saturated rings. The second-order valence-corrected chi connectivity index (χ2v) is 3.37. The van der Waals surface area contributed by atoms with Crippen molar-refractivity contribution in [3.8, 4) is 11.5 Å². The monoisotopic (exact) mass is 229 g/mol. The number of nitrogens with one attached hydrogen (secondary N) is 1. The van der Waals surface area contributed by atoms with Gasteiger partial charge in [-0.2, -0.15) is 0 Å². The van der Waals surface area contributed by atoms with Crippen molar-refractivity contribution >= 4 is 11.8 Å². The number of hydrogen-bond donors (Lipinski definition) is 2. The third-order valence-corrected chi connectivity index (χ3v) is 2.08. The molecule has 86 valence electrons. The molecule has 0 aromatic heterocycles. The van der Waals surface area contributed by atoms with E-state index in [4.69, 9.17) is 9.84 Å². The summed E-state index contributed by atoms with van der Waals surface area (Å²) < 4.78 is 5.56. The molecule has 2 N–H and O–H groups in total. The van der Waals surface area contributed by atoms with Gasteiger partial charge in [0.15, 0.2) is 0 Å². The van der Waals surface area contributed by atoms with E-state index in [-0.39, 0.29) is 0 Å². The van der Waals surface area contributed by atoms with Crippen molar-refractivity contribution < 1.29 is 14.6 Å². The molecule has 2 aromatic carbocycles. The Morgan fingerprint density at radius 3 is 2.12 bits per heavy atom. The first-order chi connectivity index (χ1) is 8.24. The lowest BCUT2D eigenvalue weighted by Crippen LogP contribution is -2.06. The van der Waals surface area contributed by atoms with Crippen LogP contribution in [0.3, 0.4) is 0 Å². The summed E-state index contributed by atoms with van der Waals surface area (Å²) in [5, 5.41) is 10.8. The summed E-state index contributed by atoms with van der Waals surface area (Å²) >= 11 is 0. The standard InChI is InChI=1S/C13H11NO3/c15-13(16)14-10-6-8-12(9-7-10)17-11-4-2-1-3-5-11/h1-9,14H,(H,15,16). The molecule has 17 heavy (non-hydrogen) atoms. The molecule has 4 heteroatoms. The van der Waals surface area contributed by atoms with Crippen molar-refractivity contribution in [2.75, 3.05) is 5.32 Å². The molecule has 1 amide bonds. The second-order valence-electron chi connectivity index (χ2n) is 3.37. The SMILES string of the molecule is O=C(O)Nc1ccc(Oc2ccccc2)cc1. The predicted octanol–water partition coefficient (Wildman–Crippen LogP) is 3.57. The van der Waals surface area contributed by atoms with E-state index in [1.807, 2.05) is 30.3 Å². The Balaban J connectivity index is 2.06. The molecule has 0 unspecified atom stereocenters. The number of hydrogen-bond acceptors (Lipinski definition) is 2. The van der Waals surface area contributed by atoms with Crippen molar-refractivity contribution in [2.45, 2.75) is 0 Å². The zero-order valence-electron chi connectivity index (χ0n) is 8.96. The van der Waals surface area contributed by atoms with Crippen LogP contribution in [0, 0.1) is 0 Å². The minimum Gasteiger partial charge on any atom is -0.465 e. The lowest BCUT2D eigenvalue weighted by molar-refractivity contribution is 0.209. The molecule has 0 spiro atoms. The molecule has 0 heterocycles. The minimum atomic E-state index is -1.08. The van der Waals surface area contributed by atoms with Crippen LogP contribution in [0.5, 0.6) is 11.5 Å². The minimum absolute atomic E-state index is 0.512. The normalized spacial score (nSPS) is 9.65. The summed E-state index contributed by atoms with van der Waals surface area (Å²) in [5.74, 6) is 1.40. The van der Waals surface area contributed by atoms with Crippen LogP contribution in [0.4, 0.5) is 10.5 Å². The number of ether oxygens (including phenoxy) is 1. The van der Waals surface area contributed by atoms with Gasteiger partial charge in [-0.05, 0) is 36.4 Å². The van der Waals surface area contributed by atoms with Gasteiger partial charge in [-0.25, -0.2) is 4.79 Å². The Morgan fingerprint density at radius 2 is 1.53 bits per heavy atom. The number of anilines is 1. The largest absolute Gasteiger partial charge is 0.465 e. The zero-order chi connectivity index (χ0) is 12.1. The molecule has 0 aliphatic carbocycles. The van der Waals surface area contributed by atoms with Crippen LogP contribution < -0.4 is 10.1 Å². The predicted molar refractivity (Wildman–Crippen MR) is 64.6 cm³/mol. The molecule has 2 aromatic rings. The van der Waals surface area contributed by atoms with Crippen LogP contribution in [0.25, 0.3) is 0 Å². The number of carboxylic acid groups (broad SMARTS) is 1. The molecule has 2 rings (SSSR count). The second kappa shape index (κ2) is 5.03. The smallest absolute Gasteiger partial charge is 0.409 e. The van der Waals surface area contributed by atoms with Gasteiger partial charge in [0.05, 0.1) is 0 Å². The quantitative estimate of drug-likeness (QED) is 0.845. The fourth-order valence-electron chi connectivity index (χ4n) is 1.35. The van der Waals surface area contributed by atoms with E-state index in [0.717, 1.165) is 5.75 Å². The van der Waals surface area contributed by atoms with Gasteiger partial charge in [-0.3, -0.25) is 5.32 Å². The van der Waals surface area contributed by atoms with E-state index in [1.165, 1.54) is 0 Å². The Morgan fingerprint density at radius 1 is 0.941 bits per heavy atom. The lowest BCUT2D eigenvalue weighted by Gasteiger charge is -2.06. The van der Waals surface area contributed by atoms with Crippen LogP contribution in [0.1, 0.15) is 0 Å². The third kappa shape index (κ3) is 3.24. The maximum Gasteiger partial charge on any atom is 0.409 e. The van der Waals surface area contributed by atoms with Crippen molar-refractivity contribution in [2.24, 2.45) is 0 Å². The third-order valence-electron chi connectivity index (χ3n) is 2.08. The first-order valence-corrected chi connectivity index (χ1v) is 5.07. The molecular formula is C13H11NO3. The van der Waals surface area contributed by atoms with Gasteiger partial charge < -0.3 is 9.84 Å². The lowest BCUT2D eigenvalue weighted by atomic mass is 10.3. The van der Waals surface area contributed by atoms with E-state index >= 15 is 0 Å². The fourth-order valence-corrected chi connectivity index (χ4v) is 1.35. The number of carbonyl (C=O) groups is 1. The highest BCUT2D eigenvalue weighted by Gasteiger charge is 1.99. The van der Waals surface area contributed by atoms with Crippen molar-refractivity contribution in [1.82, 2.24) is 0 Å². The Hall–Kier alpha value is -2.49. The molecule has 0 saturated heterocycles. The maximum absolute atomic E-state index is 10.4. The van der Waals surface area contributed by atoms with E-state index in [1.54, 1.807) is 24.3 Å². The van der Waals surface area contributed by atoms with Crippen LogP contribution >= 0.6 is 0 Å². The van der Waals surface area contributed by atoms with Crippen LogP contribution in [0.15, 0.2) is 54.6 Å². The van der Waals surface area contributed by atoms with Gasteiger partial charge in [-0.1, -0.05) is 18.2 Å². The van der Waals surface area contributed by atoms with Gasteiger partial charge in [-0.15, -0.1) is 0 Å². The summed E-state index contributed by atoms with van der Waals surface area (Å²) in [5.41, 5.74) is 0.512. The summed E-state index contributed by atoms with van der Waals surface area (Å²) in [4.78, 5) is 10.4. The van der Waals surface area contributed by atoms with Crippen LogP contribution in [-0.2, 0) is 0 Å². The van der Waals surface area contributed by atoms with E-state index in [0.29, 0.717) is 11.4 Å². The summed E-state index contributed by atoms with van der Waals surface area (Å²) in [6.07, 6.45) is -1.08. The Kier molecular flexibility index (Phi) is 3.25. The first kappa shape index (κ1) is 11.0. The summed E-state index contributed by atoms with van der Waals surface area (Å²) in [6, 6.07) is 16.1. The molecular weight excluding hydrogens is 218 g/mol. The Labute approximate surface area is 98.5 Å². The zero-order valence-corrected chi connectivity index (χ0v) is 8.96. The highest BCUT2D eigenvalue weighted by Crippen LogP contribution is 2.22. The van der Waals surface area contributed by atoms with Gasteiger partial charge in [0.25, 0.3) is 0 Å². The highest BCUT2D eigenvalue weighted by atomic mass is 16.5. The summed E-state index contributed by atoms with van der Waals surface area (Å²) in [6.45, 7) is 0. The van der Waals surface area contributed by atoms with E-state index < -0.39 is 6.09 Å².